The summed E-state index contributed by atoms with van der Waals surface area (Å²) in [5.41, 5.74) is 5.27. The normalized spacial score (nSPS) is 15.6. The van der Waals surface area contributed by atoms with Crippen molar-refractivity contribution in [1.82, 2.24) is 4.90 Å². The fourth-order valence-electron chi connectivity index (χ4n) is 2.32. The molecule has 0 aromatic heterocycles. The van der Waals surface area contributed by atoms with Gasteiger partial charge in [0.05, 0.1) is 7.11 Å². The molecule has 1 heterocycles. The van der Waals surface area contributed by atoms with E-state index in [4.69, 9.17) is 15.2 Å². The minimum Gasteiger partial charge on any atom is -0.497 e. The van der Waals surface area contributed by atoms with Crippen molar-refractivity contribution in [2.75, 3.05) is 26.8 Å². The Morgan fingerprint density at radius 3 is 2.29 bits per heavy atom. The lowest BCUT2D eigenvalue weighted by Crippen LogP contribution is -2.43. The van der Waals surface area contributed by atoms with Crippen LogP contribution in [0.4, 0.5) is 0 Å². The summed E-state index contributed by atoms with van der Waals surface area (Å²) in [4.78, 5) is 24.8. The number of primary amides is 1. The van der Waals surface area contributed by atoms with Gasteiger partial charge in [-0.15, -0.1) is 0 Å². The van der Waals surface area contributed by atoms with Crippen LogP contribution >= 0.6 is 0 Å². The maximum atomic E-state index is 12.0. The monoisotopic (exact) mass is 292 g/mol. The predicted molar refractivity (Wildman–Crippen MR) is 77.0 cm³/mol. The molecule has 0 aliphatic carbocycles. The smallest absolute Gasteiger partial charge is 0.260 e. The minimum atomic E-state index is -0.281. The van der Waals surface area contributed by atoms with Crippen molar-refractivity contribution in [3.05, 3.63) is 24.3 Å². The van der Waals surface area contributed by atoms with Crippen molar-refractivity contribution in [3.8, 4) is 11.5 Å². The Bertz CT molecular complexity index is 493. The molecule has 0 unspecified atom stereocenters. The van der Waals surface area contributed by atoms with Crippen LogP contribution in [-0.4, -0.2) is 43.5 Å². The Hall–Kier alpha value is -2.24. The second kappa shape index (κ2) is 6.97. The molecule has 1 aromatic rings. The highest BCUT2D eigenvalue weighted by Gasteiger charge is 2.25. The van der Waals surface area contributed by atoms with Crippen molar-refractivity contribution >= 4 is 11.8 Å². The van der Waals surface area contributed by atoms with E-state index in [1.165, 1.54) is 0 Å². The summed E-state index contributed by atoms with van der Waals surface area (Å²) in [5, 5.41) is 0. The fourth-order valence-corrected chi connectivity index (χ4v) is 2.32. The van der Waals surface area contributed by atoms with E-state index in [2.05, 4.69) is 0 Å². The first-order chi connectivity index (χ1) is 10.1. The van der Waals surface area contributed by atoms with Crippen LogP contribution in [0.15, 0.2) is 24.3 Å². The molecule has 2 rings (SSSR count). The van der Waals surface area contributed by atoms with Gasteiger partial charge in [0.15, 0.2) is 6.61 Å². The number of nitrogens with two attached hydrogens (primary N) is 1. The first-order valence-electron chi connectivity index (χ1n) is 6.94. The highest BCUT2D eigenvalue weighted by atomic mass is 16.5. The number of carbonyl (C=O) groups excluding carboxylic acids is 2. The number of rotatable bonds is 5. The van der Waals surface area contributed by atoms with Crippen LogP contribution in [0.3, 0.4) is 0 Å². The Kier molecular flexibility index (Phi) is 5.03. The third kappa shape index (κ3) is 4.11. The topological polar surface area (TPSA) is 81.9 Å². The number of hydrogen-bond acceptors (Lipinski definition) is 4. The number of benzene rings is 1. The van der Waals surface area contributed by atoms with E-state index in [1.807, 2.05) is 0 Å². The molecular weight excluding hydrogens is 272 g/mol. The number of amides is 2. The summed E-state index contributed by atoms with van der Waals surface area (Å²) in [7, 11) is 1.59. The molecule has 6 nitrogen and oxygen atoms in total. The van der Waals surface area contributed by atoms with Gasteiger partial charge in [0, 0.05) is 19.0 Å². The summed E-state index contributed by atoms with van der Waals surface area (Å²) in [6.07, 6.45) is 1.26. The SMILES string of the molecule is COc1ccc(OCC(=O)N2CCC(C(N)=O)CC2)cc1. The molecule has 0 saturated carbocycles. The number of hydrogen-bond donors (Lipinski definition) is 1. The van der Waals surface area contributed by atoms with E-state index in [1.54, 1.807) is 36.3 Å². The molecule has 1 saturated heterocycles. The molecule has 1 fully saturated rings. The summed E-state index contributed by atoms with van der Waals surface area (Å²) >= 11 is 0. The summed E-state index contributed by atoms with van der Waals surface area (Å²) in [6.45, 7) is 1.10. The highest BCUT2D eigenvalue weighted by Crippen LogP contribution is 2.19. The first-order valence-corrected chi connectivity index (χ1v) is 6.94. The molecule has 21 heavy (non-hydrogen) atoms. The van der Waals surface area contributed by atoms with Gasteiger partial charge in [0.25, 0.3) is 5.91 Å². The molecule has 6 heteroatoms. The number of carbonyl (C=O) groups is 2. The lowest BCUT2D eigenvalue weighted by Gasteiger charge is -2.30. The van der Waals surface area contributed by atoms with Crippen molar-refractivity contribution in [3.63, 3.8) is 0 Å². The van der Waals surface area contributed by atoms with Gasteiger partial charge in [-0.05, 0) is 37.1 Å². The Balaban J connectivity index is 1.78. The van der Waals surface area contributed by atoms with Crippen LogP contribution < -0.4 is 15.2 Å². The van der Waals surface area contributed by atoms with E-state index < -0.39 is 0 Å². The van der Waals surface area contributed by atoms with E-state index in [-0.39, 0.29) is 24.3 Å². The van der Waals surface area contributed by atoms with E-state index in [0.717, 1.165) is 5.75 Å². The van der Waals surface area contributed by atoms with E-state index in [0.29, 0.717) is 31.7 Å². The molecule has 0 bridgehead atoms. The predicted octanol–water partition coefficient (Wildman–Crippen LogP) is 0.798. The number of nitrogens with zero attached hydrogens (tertiary/aromatic N) is 1. The van der Waals surface area contributed by atoms with Gasteiger partial charge in [0.1, 0.15) is 11.5 Å². The average Bonchev–Trinajstić information content (AvgIpc) is 2.53. The number of methoxy groups -OCH3 is 1. The van der Waals surface area contributed by atoms with Crippen molar-refractivity contribution in [1.29, 1.82) is 0 Å². The average molecular weight is 292 g/mol. The number of piperidine rings is 1. The molecular formula is C15H20N2O4. The van der Waals surface area contributed by atoms with Gasteiger partial charge in [-0.1, -0.05) is 0 Å². The fraction of sp³-hybridized carbons (Fsp3) is 0.467. The summed E-state index contributed by atoms with van der Waals surface area (Å²) in [5.74, 6) is 0.889. The zero-order valence-corrected chi connectivity index (χ0v) is 12.1. The van der Waals surface area contributed by atoms with E-state index >= 15 is 0 Å². The first kappa shape index (κ1) is 15.2. The van der Waals surface area contributed by atoms with Gasteiger partial charge in [-0.25, -0.2) is 0 Å². The summed E-state index contributed by atoms with van der Waals surface area (Å²) in [6, 6.07) is 7.06. The molecule has 2 N–H and O–H groups in total. The third-order valence-electron chi connectivity index (χ3n) is 3.67. The van der Waals surface area contributed by atoms with Gasteiger partial charge < -0.3 is 20.1 Å². The second-order valence-corrected chi connectivity index (χ2v) is 5.02. The maximum absolute atomic E-state index is 12.0. The van der Waals surface area contributed by atoms with Crippen LogP contribution in [0.1, 0.15) is 12.8 Å². The zero-order chi connectivity index (χ0) is 15.2. The molecule has 0 atom stereocenters. The largest absolute Gasteiger partial charge is 0.497 e. The highest BCUT2D eigenvalue weighted by molar-refractivity contribution is 5.79. The second-order valence-electron chi connectivity index (χ2n) is 5.02. The van der Waals surface area contributed by atoms with Crippen LogP contribution in [0, 0.1) is 5.92 Å². The third-order valence-corrected chi connectivity index (χ3v) is 3.67. The van der Waals surface area contributed by atoms with Gasteiger partial charge in [-0.2, -0.15) is 0 Å². The molecule has 0 radical (unpaired) electrons. The van der Waals surface area contributed by atoms with Crippen LogP contribution in [0.25, 0.3) is 0 Å². The number of ether oxygens (including phenoxy) is 2. The quantitative estimate of drug-likeness (QED) is 0.870. The Morgan fingerprint density at radius 2 is 1.76 bits per heavy atom. The number of likely N-dealkylation sites (tertiary alicyclic amines) is 1. The molecule has 2 amide bonds. The van der Waals surface area contributed by atoms with Gasteiger partial charge >= 0.3 is 0 Å². The minimum absolute atomic E-state index is 0.00638. The maximum Gasteiger partial charge on any atom is 0.260 e. The van der Waals surface area contributed by atoms with Gasteiger partial charge in [-0.3, -0.25) is 9.59 Å². The Labute approximate surface area is 123 Å². The van der Waals surface area contributed by atoms with Crippen molar-refractivity contribution in [2.24, 2.45) is 11.7 Å². The lowest BCUT2D eigenvalue weighted by atomic mass is 9.96. The molecule has 1 aliphatic heterocycles. The van der Waals surface area contributed by atoms with Crippen LogP contribution in [0.5, 0.6) is 11.5 Å². The molecule has 1 aliphatic rings. The molecule has 1 aromatic carbocycles. The molecule has 114 valence electrons. The lowest BCUT2D eigenvalue weighted by molar-refractivity contribution is -0.136. The van der Waals surface area contributed by atoms with Gasteiger partial charge in [0.2, 0.25) is 5.91 Å². The van der Waals surface area contributed by atoms with E-state index in [9.17, 15) is 9.59 Å². The molecule has 0 spiro atoms. The van der Waals surface area contributed by atoms with Crippen molar-refractivity contribution in [2.45, 2.75) is 12.8 Å². The standard InChI is InChI=1S/C15H20N2O4/c1-20-12-2-4-13(5-3-12)21-10-14(18)17-8-6-11(7-9-17)15(16)19/h2-5,11H,6-10H2,1H3,(H2,16,19). The summed E-state index contributed by atoms with van der Waals surface area (Å²) < 4.78 is 10.5. The van der Waals surface area contributed by atoms with Crippen LogP contribution in [0.2, 0.25) is 0 Å². The Morgan fingerprint density at radius 1 is 1.19 bits per heavy atom. The van der Waals surface area contributed by atoms with Crippen LogP contribution in [-0.2, 0) is 9.59 Å². The van der Waals surface area contributed by atoms with Crippen molar-refractivity contribution < 1.29 is 19.1 Å². The zero-order valence-electron chi connectivity index (χ0n) is 12.1.